The fraction of sp³-hybridized carbons (Fsp3) is 0.100. The van der Waals surface area contributed by atoms with Crippen molar-refractivity contribution in [3.8, 4) is 0 Å². The molecule has 0 aliphatic heterocycles. The van der Waals surface area contributed by atoms with Gasteiger partial charge >= 0.3 is 0 Å². The molecule has 0 aliphatic rings. The van der Waals surface area contributed by atoms with Gasteiger partial charge in [0.15, 0.2) is 17.5 Å². The number of carbonyl (C=O) groups is 1. The second kappa shape index (κ2) is 7.49. The second-order valence-electron chi connectivity index (χ2n) is 6.03. The zero-order valence-electron chi connectivity index (χ0n) is 14.6. The van der Waals surface area contributed by atoms with Crippen molar-refractivity contribution in [2.45, 2.75) is 13.8 Å². The predicted octanol–water partition coefficient (Wildman–Crippen LogP) is 5.11. The van der Waals surface area contributed by atoms with E-state index in [0.29, 0.717) is 11.9 Å². The summed E-state index contributed by atoms with van der Waals surface area (Å²) in [6.45, 7) is 4.02. The van der Waals surface area contributed by atoms with E-state index in [4.69, 9.17) is 0 Å². The van der Waals surface area contributed by atoms with Crippen LogP contribution in [0.15, 0.2) is 48.7 Å². The van der Waals surface area contributed by atoms with E-state index in [-0.39, 0.29) is 5.69 Å². The third-order valence-electron chi connectivity index (χ3n) is 4.08. The van der Waals surface area contributed by atoms with Crippen molar-refractivity contribution < 1.29 is 18.0 Å². The van der Waals surface area contributed by atoms with Crippen LogP contribution in [-0.2, 0) is 0 Å². The van der Waals surface area contributed by atoms with Gasteiger partial charge in [-0.15, -0.1) is 0 Å². The monoisotopic (exact) mass is 371 g/mol. The van der Waals surface area contributed by atoms with Gasteiger partial charge in [0, 0.05) is 5.69 Å². The highest BCUT2D eigenvalue weighted by molar-refractivity contribution is 6.04. The van der Waals surface area contributed by atoms with Crippen molar-refractivity contribution >= 4 is 23.1 Å². The molecule has 0 fully saturated rings. The van der Waals surface area contributed by atoms with Crippen LogP contribution in [0.4, 0.5) is 30.4 Å². The Labute approximate surface area is 154 Å². The first-order chi connectivity index (χ1) is 12.8. The number of nitrogens with zero attached hydrogens (tertiary/aromatic N) is 1. The van der Waals surface area contributed by atoms with E-state index in [1.165, 1.54) is 11.8 Å². The van der Waals surface area contributed by atoms with Crippen molar-refractivity contribution in [1.82, 2.24) is 4.98 Å². The van der Waals surface area contributed by atoms with E-state index >= 15 is 0 Å². The van der Waals surface area contributed by atoms with Gasteiger partial charge in [-0.2, -0.15) is 0 Å². The van der Waals surface area contributed by atoms with E-state index in [1.54, 1.807) is 12.1 Å². The number of nitrogens with one attached hydrogen (secondary N) is 2. The molecule has 0 bridgehead atoms. The number of amides is 1. The minimum absolute atomic E-state index is 0.287. The van der Waals surface area contributed by atoms with Crippen LogP contribution in [0.1, 0.15) is 21.5 Å². The van der Waals surface area contributed by atoms with Crippen molar-refractivity contribution in [2.75, 3.05) is 10.6 Å². The van der Waals surface area contributed by atoms with Crippen molar-refractivity contribution in [2.24, 2.45) is 0 Å². The molecule has 0 aliphatic carbocycles. The fourth-order valence-corrected chi connectivity index (χ4v) is 2.41. The standard InChI is InChI=1S/C20H16F3N3O/c1-11-3-4-13(9-12(11)2)25-17-8-5-14(10-24-17)26-20(27)15-6-7-16(21)19(23)18(15)22/h3-10H,1-2H3,(H,24,25)(H,26,27). The van der Waals surface area contributed by atoms with Gasteiger partial charge in [-0.05, 0) is 61.4 Å². The lowest BCUT2D eigenvalue weighted by atomic mass is 10.1. The van der Waals surface area contributed by atoms with Crippen LogP contribution in [0.2, 0.25) is 0 Å². The highest BCUT2D eigenvalue weighted by Crippen LogP contribution is 2.20. The third-order valence-corrected chi connectivity index (χ3v) is 4.08. The second-order valence-corrected chi connectivity index (χ2v) is 6.03. The minimum atomic E-state index is -1.69. The van der Waals surface area contributed by atoms with E-state index < -0.39 is 28.9 Å². The molecule has 1 heterocycles. The molecule has 0 unspecified atom stereocenters. The molecule has 0 atom stereocenters. The van der Waals surface area contributed by atoms with Crippen molar-refractivity contribution in [3.63, 3.8) is 0 Å². The first kappa shape index (κ1) is 18.4. The van der Waals surface area contributed by atoms with Crippen LogP contribution in [0.3, 0.4) is 0 Å². The zero-order chi connectivity index (χ0) is 19.6. The maximum Gasteiger partial charge on any atom is 0.258 e. The summed E-state index contributed by atoms with van der Waals surface area (Å²) >= 11 is 0. The van der Waals surface area contributed by atoms with Gasteiger partial charge in [-0.1, -0.05) is 6.07 Å². The largest absolute Gasteiger partial charge is 0.340 e. The maximum atomic E-state index is 13.7. The van der Waals surface area contributed by atoms with Gasteiger partial charge in [0.25, 0.3) is 5.91 Å². The number of benzene rings is 2. The van der Waals surface area contributed by atoms with Gasteiger partial charge in [0.1, 0.15) is 5.82 Å². The van der Waals surface area contributed by atoms with E-state index in [1.807, 2.05) is 32.0 Å². The molecule has 3 rings (SSSR count). The number of rotatable bonds is 4. The molecule has 0 saturated carbocycles. The number of aryl methyl sites for hydroxylation is 2. The lowest BCUT2D eigenvalue weighted by molar-refractivity contribution is 0.102. The first-order valence-electron chi connectivity index (χ1n) is 8.10. The van der Waals surface area contributed by atoms with Crippen LogP contribution in [0, 0.1) is 31.3 Å². The molecule has 0 radical (unpaired) electrons. The molecular formula is C20H16F3N3O. The summed E-state index contributed by atoms with van der Waals surface area (Å²) in [4.78, 5) is 16.2. The normalized spacial score (nSPS) is 10.6. The van der Waals surface area contributed by atoms with Gasteiger partial charge in [-0.25, -0.2) is 18.2 Å². The SMILES string of the molecule is Cc1ccc(Nc2ccc(NC(=O)c3ccc(F)c(F)c3F)cn2)cc1C. The number of hydrogen-bond donors (Lipinski definition) is 2. The molecule has 0 saturated heterocycles. The zero-order valence-corrected chi connectivity index (χ0v) is 14.6. The Balaban J connectivity index is 1.71. The summed E-state index contributed by atoms with van der Waals surface area (Å²) in [5, 5.41) is 5.53. The van der Waals surface area contributed by atoms with Gasteiger partial charge in [0.05, 0.1) is 17.4 Å². The molecule has 7 heteroatoms. The Bertz CT molecular complexity index is 1000. The molecular weight excluding hydrogens is 355 g/mol. The van der Waals surface area contributed by atoms with Gasteiger partial charge in [-0.3, -0.25) is 4.79 Å². The van der Waals surface area contributed by atoms with Crippen LogP contribution in [0.25, 0.3) is 0 Å². The molecule has 1 amide bonds. The van der Waals surface area contributed by atoms with Crippen molar-refractivity contribution in [1.29, 1.82) is 0 Å². The average molecular weight is 371 g/mol. The van der Waals surface area contributed by atoms with Crippen LogP contribution in [0.5, 0.6) is 0 Å². The molecule has 2 N–H and O–H groups in total. The van der Waals surface area contributed by atoms with Gasteiger partial charge < -0.3 is 10.6 Å². The van der Waals surface area contributed by atoms with Crippen LogP contribution in [-0.4, -0.2) is 10.9 Å². The summed E-state index contributed by atoms with van der Waals surface area (Å²) < 4.78 is 39.9. The molecule has 138 valence electrons. The first-order valence-corrected chi connectivity index (χ1v) is 8.10. The summed E-state index contributed by atoms with van der Waals surface area (Å²) in [5.74, 6) is -4.92. The lowest BCUT2D eigenvalue weighted by Gasteiger charge is -2.10. The summed E-state index contributed by atoms with van der Waals surface area (Å²) in [7, 11) is 0. The smallest absolute Gasteiger partial charge is 0.258 e. The topological polar surface area (TPSA) is 54.0 Å². The molecule has 0 spiro atoms. The summed E-state index contributed by atoms with van der Waals surface area (Å²) in [5.41, 5.74) is 2.88. The number of carbonyl (C=O) groups excluding carboxylic acids is 1. The molecule has 2 aromatic carbocycles. The van der Waals surface area contributed by atoms with Crippen LogP contribution < -0.4 is 10.6 Å². The van der Waals surface area contributed by atoms with E-state index in [0.717, 1.165) is 17.3 Å². The third kappa shape index (κ3) is 4.08. The molecule has 3 aromatic rings. The Hall–Kier alpha value is -3.35. The molecule has 27 heavy (non-hydrogen) atoms. The van der Waals surface area contributed by atoms with Crippen LogP contribution >= 0.6 is 0 Å². The lowest BCUT2D eigenvalue weighted by Crippen LogP contribution is -2.15. The predicted molar refractivity (Wildman–Crippen MR) is 97.7 cm³/mol. The number of pyridine rings is 1. The average Bonchev–Trinajstić information content (AvgIpc) is 2.64. The highest BCUT2D eigenvalue weighted by atomic mass is 19.2. The number of halogens is 3. The van der Waals surface area contributed by atoms with Gasteiger partial charge in [0.2, 0.25) is 0 Å². The Morgan fingerprint density at radius 2 is 1.63 bits per heavy atom. The number of aromatic nitrogens is 1. The minimum Gasteiger partial charge on any atom is -0.340 e. The van der Waals surface area contributed by atoms with E-state index in [2.05, 4.69) is 15.6 Å². The summed E-state index contributed by atoms with van der Waals surface area (Å²) in [6, 6.07) is 10.7. The molecule has 1 aromatic heterocycles. The van der Waals surface area contributed by atoms with E-state index in [9.17, 15) is 18.0 Å². The molecule has 4 nitrogen and oxygen atoms in total. The fourth-order valence-electron chi connectivity index (χ4n) is 2.41. The Kier molecular flexibility index (Phi) is 5.12. The maximum absolute atomic E-state index is 13.7. The number of hydrogen-bond acceptors (Lipinski definition) is 3. The number of anilines is 3. The highest BCUT2D eigenvalue weighted by Gasteiger charge is 2.18. The quantitative estimate of drug-likeness (QED) is 0.627. The summed E-state index contributed by atoms with van der Waals surface area (Å²) in [6.07, 6.45) is 1.37. The van der Waals surface area contributed by atoms with Crippen molar-refractivity contribution in [3.05, 3.63) is 82.8 Å². The Morgan fingerprint density at radius 3 is 2.30 bits per heavy atom. The Morgan fingerprint density at radius 1 is 0.889 bits per heavy atom.